The summed E-state index contributed by atoms with van der Waals surface area (Å²) in [4.78, 5) is 12.0. The second kappa shape index (κ2) is 9.61. The molecule has 138 valence electrons. The molecule has 8 heteroatoms. The Morgan fingerprint density at radius 3 is 2.58 bits per heavy atom. The number of carbonyl (C=O) groups is 1. The molecule has 0 fully saturated rings. The van der Waals surface area contributed by atoms with Gasteiger partial charge in [0.05, 0.1) is 19.0 Å². The van der Waals surface area contributed by atoms with Crippen LogP contribution in [0, 0.1) is 0 Å². The van der Waals surface area contributed by atoms with Crippen LogP contribution in [0.2, 0.25) is 0 Å². The van der Waals surface area contributed by atoms with Crippen molar-refractivity contribution >= 4 is 38.1 Å². The fourth-order valence-corrected chi connectivity index (χ4v) is 3.41. The van der Waals surface area contributed by atoms with E-state index in [0.717, 1.165) is 26.2 Å². The third-order valence-electron chi connectivity index (χ3n) is 3.53. The molecule has 0 saturated heterocycles. The minimum Gasteiger partial charge on any atom is -0.272 e. The van der Waals surface area contributed by atoms with Gasteiger partial charge in [0.15, 0.2) is 0 Å². The Labute approximate surface area is 162 Å². The highest BCUT2D eigenvalue weighted by Crippen LogP contribution is 2.09. The van der Waals surface area contributed by atoms with Crippen LogP contribution in [-0.2, 0) is 21.2 Å². The highest BCUT2D eigenvalue weighted by Gasteiger charge is 2.19. The van der Waals surface area contributed by atoms with Crippen LogP contribution in [0.15, 0.2) is 64.2 Å². The standard InChI is InChI=1S/C18H20BrN3O3S/c1-26(24,25)22(11-10-15-6-3-2-4-7-15)14-18(23)21-20-13-16-8-5-9-17(19)12-16/h2-9,12-13H,10-11,14H2,1H3,(H,21,23). The largest absolute Gasteiger partial charge is 0.272 e. The van der Waals surface area contributed by atoms with Gasteiger partial charge in [-0.25, -0.2) is 13.8 Å². The van der Waals surface area contributed by atoms with Gasteiger partial charge >= 0.3 is 0 Å². The first-order valence-corrected chi connectivity index (χ1v) is 10.6. The SMILES string of the molecule is CS(=O)(=O)N(CCc1ccccc1)CC(=O)NN=Cc1cccc(Br)c1. The van der Waals surface area contributed by atoms with Gasteiger partial charge in [0, 0.05) is 11.0 Å². The van der Waals surface area contributed by atoms with Crippen molar-refractivity contribution in [3.05, 3.63) is 70.2 Å². The molecule has 2 aromatic carbocycles. The van der Waals surface area contributed by atoms with Crippen LogP contribution in [-0.4, -0.2) is 44.2 Å². The number of carbonyl (C=O) groups excluding carboxylic acids is 1. The topological polar surface area (TPSA) is 78.8 Å². The molecular weight excluding hydrogens is 418 g/mol. The van der Waals surface area contributed by atoms with E-state index in [0.29, 0.717) is 6.42 Å². The summed E-state index contributed by atoms with van der Waals surface area (Å²) >= 11 is 3.35. The first-order valence-electron chi connectivity index (χ1n) is 7.91. The second-order valence-corrected chi connectivity index (χ2v) is 8.58. The van der Waals surface area contributed by atoms with Crippen molar-refractivity contribution in [1.82, 2.24) is 9.73 Å². The summed E-state index contributed by atoms with van der Waals surface area (Å²) < 4.78 is 25.9. The average molecular weight is 438 g/mol. The summed E-state index contributed by atoms with van der Waals surface area (Å²) in [6.45, 7) is -0.0485. The van der Waals surface area contributed by atoms with Crippen molar-refractivity contribution in [2.45, 2.75) is 6.42 Å². The Morgan fingerprint density at radius 2 is 1.92 bits per heavy atom. The number of sulfonamides is 1. The van der Waals surface area contributed by atoms with Crippen molar-refractivity contribution < 1.29 is 13.2 Å². The fourth-order valence-electron chi connectivity index (χ4n) is 2.22. The molecule has 1 amide bonds. The molecule has 0 aliphatic rings. The molecule has 6 nitrogen and oxygen atoms in total. The number of hydrazone groups is 1. The maximum Gasteiger partial charge on any atom is 0.255 e. The minimum atomic E-state index is -3.50. The van der Waals surface area contributed by atoms with Crippen LogP contribution >= 0.6 is 15.9 Å². The molecule has 0 aliphatic carbocycles. The Hall–Kier alpha value is -2.03. The molecular formula is C18H20BrN3O3S. The van der Waals surface area contributed by atoms with Crippen molar-refractivity contribution in [2.24, 2.45) is 5.10 Å². The number of benzene rings is 2. The molecule has 0 radical (unpaired) electrons. The molecule has 0 spiro atoms. The van der Waals surface area contributed by atoms with E-state index in [1.807, 2.05) is 54.6 Å². The van der Waals surface area contributed by atoms with Crippen LogP contribution in [0.25, 0.3) is 0 Å². The lowest BCUT2D eigenvalue weighted by molar-refractivity contribution is -0.121. The first-order chi connectivity index (χ1) is 12.3. The summed E-state index contributed by atoms with van der Waals surface area (Å²) in [6, 6.07) is 16.9. The predicted molar refractivity (Wildman–Crippen MR) is 106 cm³/mol. The zero-order valence-electron chi connectivity index (χ0n) is 14.3. The number of nitrogens with one attached hydrogen (secondary N) is 1. The van der Waals surface area contributed by atoms with Gasteiger partial charge in [-0.1, -0.05) is 58.4 Å². The van der Waals surface area contributed by atoms with Crippen molar-refractivity contribution in [1.29, 1.82) is 0 Å². The van der Waals surface area contributed by atoms with Gasteiger partial charge in [-0.3, -0.25) is 4.79 Å². The van der Waals surface area contributed by atoms with E-state index >= 15 is 0 Å². The zero-order chi connectivity index (χ0) is 19.0. The van der Waals surface area contributed by atoms with Crippen molar-refractivity contribution in [3.63, 3.8) is 0 Å². The number of amides is 1. The Bertz CT molecular complexity index is 870. The Morgan fingerprint density at radius 1 is 1.19 bits per heavy atom. The molecule has 0 unspecified atom stereocenters. The number of hydrogen-bond acceptors (Lipinski definition) is 4. The third kappa shape index (κ3) is 7.07. The number of halogens is 1. The minimum absolute atomic E-state index is 0.228. The van der Waals surface area contributed by atoms with Crippen LogP contribution in [0.4, 0.5) is 0 Å². The van der Waals surface area contributed by atoms with E-state index in [9.17, 15) is 13.2 Å². The average Bonchev–Trinajstić information content (AvgIpc) is 2.58. The molecule has 0 aliphatic heterocycles. The van der Waals surface area contributed by atoms with E-state index in [2.05, 4.69) is 26.5 Å². The molecule has 0 atom stereocenters. The molecule has 2 aromatic rings. The van der Waals surface area contributed by atoms with Gasteiger partial charge in [0.1, 0.15) is 0 Å². The lowest BCUT2D eigenvalue weighted by Crippen LogP contribution is -2.40. The van der Waals surface area contributed by atoms with E-state index in [-0.39, 0.29) is 13.1 Å². The van der Waals surface area contributed by atoms with Crippen LogP contribution in [0.1, 0.15) is 11.1 Å². The molecule has 0 heterocycles. The normalized spacial score (nSPS) is 11.8. The maximum absolute atomic E-state index is 12.0. The van der Waals surface area contributed by atoms with Crippen molar-refractivity contribution in [2.75, 3.05) is 19.3 Å². The van der Waals surface area contributed by atoms with Gasteiger partial charge in [0.25, 0.3) is 5.91 Å². The number of nitrogens with zero attached hydrogens (tertiary/aromatic N) is 2. The molecule has 26 heavy (non-hydrogen) atoms. The van der Waals surface area contributed by atoms with Gasteiger partial charge in [-0.15, -0.1) is 0 Å². The van der Waals surface area contributed by atoms with E-state index in [1.165, 1.54) is 6.21 Å². The molecule has 0 bridgehead atoms. The van der Waals surface area contributed by atoms with Crippen molar-refractivity contribution in [3.8, 4) is 0 Å². The summed E-state index contributed by atoms with van der Waals surface area (Å²) in [5, 5.41) is 3.87. The molecule has 1 N–H and O–H groups in total. The van der Waals surface area contributed by atoms with Crippen LogP contribution in [0.3, 0.4) is 0 Å². The van der Waals surface area contributed by atoms with E-state index in [1.54, 1.807) is 0 Å². The molecule has 0 saturated carbocycles. The van der Waals surface area contributed by atoms with E-state index < -0.39 is 15.9 Å². The lowest BCUT2D eigenvalue weighted by atomic mass is 10.1. The number of rotatable bonds is 8. The smallest absolute Gasteiger partial charge is 0.255 e. The van der Waals surface area contributed by atoms with Crippen LogP contribution in [0.5, 0.6) is 0 Å². The highest BCUT2D eigenvalue weighted by atomic mass is 79.9. The highest BCUT2D eigenvalue weighted by molar-refractivity contribution is 9.10. The van der Waals surface area contributed by atoms with Gasteiger partial charge < -0.3 is 0 Å². The summed E-state index contributed by atoms with van der Waals surface area (Å²) in [5.74, 6) is -0.491. The monoisotopic (exact) mass is 437 g/mol. The summed E-state index contributed by atoms with van der Waals surface area (Å²) in [5.41, 5.74) is 4.18. The molecule has 0 aromatic heterocycles. The lowest BCUT2D eigenvalue weighted by Gasteiger charge is -2.18. The maximum atomic E-state index is 12.0. The van der Waals surface area contributed by atoms with Gasteiger partial charge in [-0.2, -0.15) is 9.41 Å². The third-order valence-corrected chi connectivity index (χ3v) is 5.28. The predicted octanol–water partition coefficient (Wildman–Crippen LogP) is 2.40. The van der Waals surface area contributed by atoms with Gasteiger partial charge in [0.2, 0.25) is 10.0 Å². The molecule has 2 rings (SSSR count). The number of hydrogen-bond donors (Lipinski definition) is 1. The van der Waals surface area contributed by atoms with Crippen LogP contribution < -0.4 is 5.43 Å². The second-order valence-electron chi connectivity index (χ2n) is 5.68. The van der Waals surface area contributed by atoms with E-state index in [4.69, 9.17) is 0 Å². The Kier molecular flexibility index (Phi) is 7.50. The van der Waals surface area contributed by atoms with Gasteiger partial charge in [-0.05, 0) is 29.7 Å². The fraction of sp³-hybridized carbons (Fsp3) is 0.222. The summed E-state index contributed by atoms with van der Waals surface area (Å²) in [6.07, 6.45) is 3.12. The quantitative estimate of drug-likeness (QED) is 0.508. The summed E-state index contributed by atoms with van der Waals surface area (Å²) in [7, 11) is -3.50. The first kappa shape index (κ1) is 20.3. The zero-order valence-corrected chi connectivity index (χ0v) is 16.7. The Balaban J connectivity index is 1.91.